The van der Waals surface area contributed by atoms with Gasteiger partial charge in [-0.2, -0.15) is 0 Å². The molecule has 1 aliphatic rings. The van der Waals surface area contributed by atoms with E-state index in [4.69, 9.17) is 9.26 Å². The van der Waals surface area contributed by atoms with Crippen LogP contribution in [0.3, 0.4) is 0 Å². The predicted octanol–water partition coefficient (Wildman–Crippen LogP) is 2.35. The normalized spacial score (nSPS) is 17.0. The number of hydrogen-bond acceptors (Lipinski definition) is 5. The summed E-state index contributed by atoms with van der Waals surface area (Å²) in [5.41, 5.74) is 1.89. The number of nitrogens with one attached hydrogen (secondary N) is 2. The zero-order chi connectivity index (χ0) is 16.2. The van der Waals surface area contributed by atoms with Crippen molar-refractivity contribution < 1.29 is 18.8 Å². The number of carbonyl (C=O) groups is 2. The summed E-state index contributed by atoms with van der Waals surface area (Å²) >= 11 is 0. The Labute approximate surface area is 133 Å². The van der Waals surface area contributed by atoms with E-state index in [1.54, 1.807) is 37.3 Å². The molecular weight excluding hydrogens is 298 g/mol. The van der Waals surface area contributed by atoms with Crippen molar-refractivity contribution in [3.8, 4) is 0 Å². The van der Waals surface area contributed by atoms with E-state index >= 15 is 0 Å². The minimum atomic E-state index is -0.373. The van der Waals surface area contributed by atoms with Gasteiger partial charge in [-0.1, -0.05) is 5.16 Å². The monoisotopic (exact) mass is 315 g/mol. The third-order valence-electron chi connectivity index (χ3n) is 3.48. The van der Waals surface area contributed by atoms with Crippen molar-refractivity contribution in [3.63, 3.8) is 0 Å². The van der Waals surface area contributed by atoms with E-state index in [2.05, 4.69) is 15.8 Å². The molecule has 1 saturated heterocycles. The summed E-state index contributed by atoms with van der Waals surface area (Å²) < 4.78 is 10.2. The third-order valence-corrected chi connectivity index (χ3v) is 3.48. The number of aryl methyl sites for hydroxylation is 1. The molecule has 2 amide bonds. The molecular formula is C16H17N3O4. The Morgan fingerprint density at radius 2 is 1.87 bits per heavy atom. The molecule has 0 saturated carbocycles. The van der Waals surface area contributed by atoms with Gasteiger partial charge in [0.05, 0.1) is 5.69 Å². The Hall–Kier alpha value is -2.67. The standard InChI is InChI=1S/C16H17N3O4/c1-10-9-14(23-19-10)16(21)18-12-6-4-11(5-7-12)17-15(20)13-3-2-8-22-13/h4-7,9,13H,2-3,8H2,1H3,(H,17,20)(H,18,21). The summed E-state index contributed by atoms with van der Waals surface area (Å²) in [6, 6.07) is 8.40. The zero-order valence-electron chi connectivity index (χ0n) is 12.7. The average Bonchev–Trinajstić information content (AvgIpc) is 3.20. The van der Waals surface area contributed by atoms with Crippen LogP contribution >= 0.6 is 0 Å². The lowest BCUT2D eigenvalue weighted by molar-refractivity contribution is -0.124. The molecule has 23 heavy (non-hydrogen) atoms. The highest BCUT2D eigenvalue weighted by atomic mass is 16.5. The summed E-state index contributed by atoms with van der Waals surface area (Å²) in [6.07, 6.45) is 1.28. The van der Waals surface area contributed by atoms with Crippen molar-refractivity contribution in [1.29, 1.82) is 0 Å². The Balaban J connectivity index is 1.58. The van der Waals surface area contributed by atoms with E-state index in [9.17, 15) is 9.59 Å². The number of benzene rings is 1. The van der Waals surface area contributed by atoms with Gasteiger partial charge in [0.15, 0.2) is 0 Å². The molecule has 1 aromatic heterocycles. The molecule has 0 aliphatic carbocycles. The number of anilines is 2. The van der Waals surface area contributed by atoms with E-state index in [0.29, 0.717) is 23.7 Å². The van der Waals surface area contributed by atoms with Crippen LogP contribution in [-0.4, -0.2) is 29.7 Å². The summed E-state index contributed by atoms with van der Waals surface area (Å²) in [5, 5.41) is 9.16. The molecule has 1 aromatic carbocycles. The number of amides is 2. The number of hydrogen-bond donors (Lipinski definition) is 2. The van der Waals surface area contributed by atoms with E-state index in [1.807, 2.05) is 0 Å². The molecule has 2 heterocycles. The second-order valence-electron chi connectivity index (χ2n) is 5.35. The van der Waals surface area contributed by atoms with Gasteiger partial charge in [0.2, 0.25) is 5.76 Å². The molecule has 2 N–H and O–H groups in total. The fourth-order valence-electron chi connectivity index (χ4n) is 2.31. The van der Waals surface area contributed by atoms with Crippen LogP contribution in [0.15, 0.2) is 34.9 Å². The quantitative estimate of drug-likeness (QED) is 0.903. The molecule has 1 unspecified atom stereocenters. The molecule has 2 aromatic rings. The lowest BCUT2D eigenvalue weighted by atomic mass is 10.2. The lowest BCUT2D eigenvalue weighted by Gasteiger charge is -2.11. The van der Waals surface area contributed by atoms with Gasteiger partial charge in [0.25, 0.3) is 11.8 Å². The molecule has 1 fully saturated rings. The van der Waals surface area contributed by atoms with Gasteiger partial charge in [-0.15, -0.1) is 0 Å². The minimum Gasteiger partial charge on any atom is -0.368 e. The number of carbonyl (C=O) groups excluding carboxylic acids is 2. The van der Waals surface area contributed by atoms with Crippen LogP contribution in [0, 0.1) is 6.92 Å². The molecule has 120 valence electrons. The summed E-state index contributed by atoms with van der Waals surface area (Å²) in [6.45, 7) is 2.37. The van der Waals surface area contributed by atoms with Gasteiger partial charge in [-0.3, -0.25) is 9.59 Å². The van der Waals surface area contributed by atoms with Crippen LogP contribution in [0.1, 0.15) is 29.1 Å². The van der Waals surface area contributed by atoms with E-state index < -0.39 is 0 Å². The molecule has 1 aliphatic heterocycles. The van der Waals surface area contributed by atoms with Crippen molar-refractivity contribution >= 4 is 23.2 Å². The smallest absolute Gasteiger partial charge is 0.294 e. The minimum absolute atomic E-state index is 0.142. The number of rotatable bonds is 4. The van der Waals surface area contributed by atoms with Gasteiger partial charge in [-0.05, 0) is 44.0 Å². The molecule has 1 atom stereocenters. The van der Waals surface area contributed by atoms with Gasteiger partial charge < -0.3 is 19.9 Å². The lowest BCUT2D eigenvalue weighted by Crippen LogP contribution is -2.26. The largest absolute Gasteiger partial charge is 0.368 e. The number of aromatic nitrogens is 1. The van der Waals surface area contributed by atoms with Gasteiger partial charge in [-0.25, -0.2) is 0 Å². The first-order valence-electron chi connectivity index (χ1n) is 7.39. The first-order valence-corrected chi connectivity index (χ1v) is 7.39. The van der Waals surface area contributed by atoms with Gasteiger partial charge in [0, 0.05) is 24.0 Å². The van der Waals surface area contributed by atoms with Crippen molar-refractivity contribution in [1.82, 2.24) is 5.16 Å². The van der Waals surface area contributed by atoms with Crippen molar-refractivity contribution in [2.24, 2.45) is 0 Å². The average molecular weight is 315 g/mol. The van der Waals surface area contributed by atoms with Crippen LogP contribution in [0.4, 0.5) is 11.4 Å². The molecule has 7 heteroatoms. The highest BCUT2D eigenvalue weighted by Crippen LogP contribution is 2.18. The summed E-state index contributed by atoms with van der Waals surface area (Å²) in [7, 11) is 0. The number of ether oxygens (including phenoxy) is 1. The first kappa shape index (κ1) is 15.2. The highest BCUT2D eigenvalue weighted by molar-refractivity contribution is 6.02. The first-order chi connectivity index (χ1) is 11.1. The Bertz CT molecular complexity index is 702. The van der Waals surface area contributed by atoms with Crippen LogP contribution in [0.2, 0.25) is 0 Å². The number of nitrogens with zero attached hydrogens (tertiary/aromatic N) is 1. The van der Waals surface area contributed by atoms with Gasteiger partial charge >= 0.3 is 0 Å². The Morgan fingerprint density at radius 1 is 1.17 bits per heavy atom. The van der Waals surface area contributed by atoms with Crippen LogP contribution in [0.25, 0.3) is 0 Å². The second-order valence-corrected chi connectivity index (χ2v) is 5.35. The van der Waals surface area contributed by atoms with Crippen molar-refractivity contribution in [2.45, 2.75) is 25.9 Å². The highest BCUT2D eigenvalue weighted by Gasteiger charge is 2.23. The molecule has 7 nitrogen and oxygen atoms in total. The van der Waals surface area contributed by atoms with Crippen molar-refractivity contribution in [2.75, 3.05) is 17.2 Å². The maximum Gasteiger partial charge on any atom is 0.294 e. The molecule has 0 bridgehead atoms. The van der Waals surface area contributed by atoms with Crippen LogP contribution < -0.4 is 10.6 Å². The van der Waals surface area contributed by atoms with E-state index in [0.717, 1.165) is 12.8 Å². The second kappa shape index (κ2) is 6.62. The topological polar surface area (TPSA) is 93.5 Å². The predicted molar refractivity (Wildman–Crippen MR) is 83.2 cm³/mol. The van der Waals surface area contributed by atoms with E-state index in [-0.39, 0.29) is 23.7 Å². The van der Waals surface area contributed by atoms with Crippen LogP contribution in [-0.2, 0) is 9.53 Å². The molecule has 3 rings (SSSR count). The SMILES string of the molecule is Cc1cc(C(=O)Nc2ccc(NC(=O)C3CCCO3)cc2)on1. The fourth-order valence-corrected chi connectivity index (χ4v) is 2.31. The van der Waals surface area contributed by atoms with Crippen LogP contribution in [0.5, 0.6) is 0 Å². The third kappa shape index (κ3) is 3.75. The maximum atomic E-state index is 11.9. The Kier molecular flexibility index (Phi) is 4.38. The van der Waals surface area contributed by atoms with E-state index in [1.165, 1.54) is 0 Å². The van der Waals surface area contributed by atoms with Gasteiger partial charge in [0.1, 0.15) is 6.10 Å². The molecule has 0 spiro atoms. The maximum absolute atomic E-state index is 11.9. The molecule has 0 radical (unpaired) electrons. The summed E-state index contributed by atoms with van der Waals surface area (Å²) in [4.78, 5) is 23.9. The Morgan fingerprint density at radius 3 is 2.43 bits per heavy atom. The van der Waals surface area contributed by atoms with Crippen molar-refractivity contribution in [3.05, 3.63) is 41.8 Å². The summed E-state index contributed by atoms with van der Waals surface area (Å²) in [5.74, 6) is -0.364. The zero-order valence-corrected chi connectivity index (χ0v) is 12.7. The fraction of sp³-hybridized carbons (Fsp3) is 0.312.